The maximum Gasteiger partial charge on any atom is 0.159 e. The summed E-state index contributed by atoms with van der Waals surface area (Å²) in [7, 11) is 0. The van der Waals surface area contributed by atoms with Crippen LogP contribution in [-0.4, -0.2) is 9.97 Å². The highest BCUT2D eigenvalue weighted by Gasteiger charge is 2.09. The Hall–Kier alpha value is -3.26. The van der Waals surface area contributed by atoms with Crippen molar-refractivity contribution in [1.29, 1.82) is 0 Å². The SMILES string of the molecule is c1ccc(-c2cnc(-c3ccccc3-c3ccccc3)nc2)cc1. The fourth-order valence-corrected chi connectivity index (χ4v) is 2.79. The Labute approximate surface area is 141 Å². The summed E-state index contributed by atoms with van der Waals surface area (Å²) in [6.07, 6.45) is 3.78. The monoisotopic (exact) mass is 308 g/mol. The standard InChI is InChI=1S/C22H16N2/c1-3-9-17(10-4-1)19-15-23-22(24-16-19)21-14-8-7-13-20(21)18-11-5-2-6-12-18/h1-16H. The van der Waals surface area contributed by atoms with Crippen LogP contribution in [0.5, 0.6) is 0 Å². The molecule has 0 spiro atoms. The molecule has 0 N–H and O–H groups in total. The highest BCUT2D eigenvalue weighted by Crippen LogP contribution is 2.30. The van der Waals surface area contributed by atoms with Gasteiger partial charge in [0.1, 0.15) is 0 Å². The van der Waals surface area contributed by atoms with Crippen LogP contribution in [0.1, 0.15) is 0 Å². The second-order valence-corrected chi connectivity index (χ2v) is 5.57. The number of hydrogen-bond acceptors (Lipinski definition) is 2. The average molecular weight is 308 g/mol. The van der Waals surface area contributed by atoms with Crippen molar-refractivity contribution in [3.63, 3.8) is 0 Å². The van der Waals surface area contributed by atoms with E-state index >= 15 is 0 Å². The van der Waals surface area contributed by atoms with Crippen molar-refractivity contribution in [2.45, 2.75) is 0 Å². The number of nitrogens with zero attached hydrogens (tertiary/aromatic N) is 2. The molecule has 0 saturated heterocycles. The first-order valence-electron chi connectivity index (χ1n) is 7.94. The van der Waals surface area contributed by atoms with E-state index in [2.05, 4.69) is 46.4 Å². The molecule has 0 bridgehead atoms. The van der Waals surface area contributed by atoms with E-state index in [1.165, 1.54) is 5.56 Å². The van der Waals surface area contributed by atoms with Crippen LogP contribution in [0.4, 0.5) is 0 Å². The molecule has 0 aliphatic heterocycles. The van der Waals surface area contributed by atoms with Crippen molar-refractivity contribution < 1.29 is 0 Å². The first kappa shape index (κ1) is 14.3. The molecular formula is C22H16N2. The van der Waals surface area contributed by atoms with E-state index in [0.717, 1.165) is 28.1 Å². The summed E-state index contributed by atoms with van der Waals surface area (Å²) in [4.78, 5) is 9.20. The summed E-state index contributed by atoms with van der Waals surface area (Å²) in [6.45, 7) is 0. The van der Waals surface area contributed by atoms with Crippen molar-refractivity contribution in [3.05, 3.63) is 97.3 Å². The van der Waals surface area contributed by atoms with Gasteiger partial charge in [0.15, 0.2) is 5.82 Å². The predicted octanol–water partition coefficient (Wildman–Crippen LogP) is 5.48. The van der Waals surface area contributed by atoms with Crippen LogP contribution >= 0.6 is 0 Å². The molecule has 0 fully saturated rings. The maximum absolute atomic E-state index is 4.60. The number of rotatable bonds is 3. The smallest absolute Gasteiger partial charge is 0.159 e. The van der Waals surface area contributed by atoms with Gasteiger partial charge in [-0.3, -0.25) is 0 Å². The van der Waals surface area contributed by atoms with Gasteiger partial charge in [0, 0.05) is 23.5 Å². The minimum atomic E-state index is 0.745. The predicted molar refractivity (Wildman–Crippen MR) is 98.3 cm³/mol. The Kier molecular flexibility index (Phi) is 3.86. The summed E-state index contributed by atoms with van der Waals surface area (Å²) in [5, 5.41) is 0. The third-order valence-electron chi connectivity index (χ3n) is 4.01. The lowest BCUT2D eigenvalue weighted by Gasteiger charge is -2.09. The number of aromatic nitrogens is 2. The summed E-state index contributed by atoms with van der Waals surface area (Å²) < 4.78 is 0. The van der Waals surface area contributed by atoms with Crippen LogP contribution in [0.15, 0.2) is 97.3 Å². The maximum atomic E-state index is 4.60. The second-order valence-electron chi connectivity index (χ2n) is 5.57. The zero-order valence-electron chi connectivity index (χ0n) is 13.1. The Balaban J connectivity index is 1.75. The zero-order valence-corrected chi connectivity index (χ0v) is 13.1. The molecule has 24 heavy (non-hydrogen) atoms. The molecule has 4 rings (SSSR count). The lowest BCUT2D eigenvalue weighted by Crippen LogP contribution is -1.92. The molecule has 2 heteroatoms. The number of hydrogen-bond donors (Lipinski definition) is 0. The van der Waals surface area contributed by atoms with E-state index in [-0.39, 0.29) is 0 Å². The van der Waals surface area contributed by atoms with Crippen molar-refractivity contribution in [3.8, 4) is 33.6 Å². The fourth-order valence-electron chi connectivity index (χ4n) is 2.79. The topological polar surface area (TPSA) is 25.8 Å². The first-order chi connectivity index (χ1) is 11.9. The van der Waals surface area contributed by atoms with Gasteiger partial charge in [0.25, 0.3) is 0 Å². The molecular weight excluding hydrogens is 292 g/mol. The van der Waals surface area contributed by atoms with Gasteiger partial charge < -0.3 is 0 Å². The van der Waals surface area contributed by atoms with Crippen molar-refractivity contribution in [1.82, 2.24) is 9.97 Å². The van der Waals surface area contributed by atoms with E-state index in [4.69, 9.17) is 0 Å². The van der Waals surface area contributed by atoms with Gasteiger partial charge in [0.05, 0.1) is 0 Å². The van der Waals surface area contributed by atoms with Gasteiger partial charge in [-0.15, -0.1) is 0 Å². The Morgan fingerprint density at radius 2 is 0.917 bits per heavy atom. The van der Waals surface area contributed by atoms with Gasteiger partial charge in [0.2, 0.25) is 0 Å². The Morgan fingerprint density at radius 3 is 1.54 bits per heavy atom. The lowest BCUT2D eigenvalue weighted by molar-refractivity contribution is 1.18. The fraction of sp³-hybridized carbons (Fsp3) is 0. The van der Waals surface area contributed by atoms with Crippen LogP contribution < -0.4 is 0 Å². The average Bonchev–Trinajstić information content (AvgIpc) is 2.69. The summed E-state index contributed by atoms with van der Waals surface area (Å²) in [5.41, 5.74) is 5.51. The molecule has 3 aromatic carbocycles. The lowest BCUT2D eigenvalue weighted by atomic mass is 9.99. The van der Waals surface area contributed by atoms with Crippen molar-refractivity contribution in [2.75, 3.05) is 0 Å². The first-order valence-corrected chi connectivity index (χ1v) is 7.94. The zero-order chi connectivity index (χ0) is 16.2. The summed E-state index contributed by atoms with van der Waals surface area (Å²) >= 11 is 0. The van der Waals surface area contributed by atoms with Gasteiger partial charge in [-0.05, 0) is 16.7 Å². The molecule has 0 atom stereocenters. The molecule has 0 aliphatic carbocycles. The molecule has 2 nitrogen and oxygen atoms in total. The van der Waals surface area contributed by atoms with Crippen LogP contribution in [0.3, 0.4) is 0 Å². The minimum absolute atomic E-state index is 0.745. The van der Waals surface area contributed by atoms with E-state index < -0.39 is 0 Å². The van der Waals surface area contributed by atoms with Crippen LogP contribution in [-0.2, 0) is 0 Å². The van der Waals surface area contributed by atoms with E-state index in [1.807, 2.05) is 60.9 Å². The largest absolute Gasteiger partial charge is 0.236 e. The molecule has 1 heterocycles. The molecule has 114 valence electrons. The third kappa shape index (κ3) is 2.82. The number of benzene rings is 3. The minimum Gasteiger partial charge on any atom is -0.236 e. The van der Waals surface area contributed by atoms with Crippen LogP contribution in [0.2, 0.25) is 0 Å². The molecule has 0 amide bonds. The quantitative estimate of drug-likeness (QED) is 0.501. The van der Waals surface area contributed by atoms with Gasteiger partial charge >= 0.3 is 0 Å². The molecule has 0 unspecified atom stereocenters. The third-order valence-corrected chi connectivity index (χ3v) is 4.01. The molecule has 1 aromatic heterocycles. The van der Waals surface area contributed by atoms with Gasteiger partial charge in [-0.1, -0.05) is 84.9 Å². The summed E-state index contributed by atoms with van der Waals surface area (Å²) in [6, 6.07) is 28.8. The normalized spacial score (nSPS) is 10.5. The van der Waals surface area contributed by atoms with E-state index in [9.17, 15) is 0 Å². The van der Waals surface area contributed by atoms with Crippen molar-refractivity contribution >= 4 is 0 Å². The van der Waals surface area contributed by atoms with Gasteiger partial charge in [-0.2, -0.15) is 0 Å². The van der Waals surface area contributed by atoms with Gasteiger partial charge in [-0.25, -0.2) is 9.97 Å². The van der Waals surface area contributed by atoms with Crippen LogP contribution in [0, 0.1) is 0 Å². The van der Waals surface area contributed by atoms with E-state index in [0.29, 0.717) is 0 Å². The van der Waals surface area contributed by atoms with Crippen molar-refractivity contribution in [2.24, 2.45) is 0 Å². The molecule has 0 saturated carbocycles. The molecule has 0 aliphatic rings. The van der Waals surface area contributed by atoms with E-state index in [1.54, 1.807) is 0 Å². The Bertz CT molecular complexity index is 930. The molecule has 0 radical (unpaired) electrons. The van der Waals surface area contributed by atoms with Crippen LogP contribution in [0.25, 0.3) is 33.6 Å². The highest BCUT2D eigenvalue weighted by molar-refractivity contribution is 5.80. The molecule has 4 aromatic rings. The second kappa shape index (κ2) is 6.47. The summed E-state index contributed by atoms with van der Waals surface area (Å²) in [5.74, 6) is 0.745. The highest BCUT2D eigenvalue weighted by atomic mass is 14.9. The Morgan fingerprint density at radius 1 is 0.417 bits per heavy atom.